The topological polar surface area (TPSA) is 12.0 Å². The van der Waals surface area contributed by atoms with Gasteiger partial charge in [-0.15, -0.1) is 0 Å². The minimum absolute atomic E-state index is 0.783. The Kier molecular flexibility index (Phi) is 7.92. The van der Waals surface area contributed by atoms with E-state index in [0.717, 1.165) is 17.9 Å². The highest BCUT2D eigenvalue weighted by atomic mass is 14.9. The van der Waals surface area contributed by atoms with Crippen LogP contribution in [0.5, 0.6) is 0 Å². The zero-order chi connectivity index (χ0) is 12.5. The second-order valence-corrected chi connectivity index (χ2v) is 6.13. The van der Waals surface area contributed by atoms with E-state index in [2.05, 4.69) is 26.1 Å². The van der Waals surface area contributed by atoms with Crippen LogP contribution in [-0.2, 0) is 0 Å². The minimum atomic E-state index is 0.783. The summed E-state index contributed by atoms with van der Waals surface area (Å²) >= 11 is 0. The number of hydrogen-bond donors (Lipinski definition) is 1. The van der Waals surface area contributed by atoms with Gasteiger partial charge in [0.05, 0.1) is 0 Å². The van der Waals surface area contributed by atoms with Crippen molar-refractivity contribution < 1.29 is 0 Å². The first kappa shape index (κ1) is 15.0. The van der Waals surface area contributed by atoms with Gasteiger partial charge in [-0.1, -0.05) is 52.9 Å². The molecular weight excluding hydrogens is 206 g/mol. The Morgan fingerprint density at radius 2 is 1.88 bits per heavy atom. The lowest BCUT2D eigenvalue weighted by atomic mass is 9.92. The number of hydrogen-bond acceptors (Lipinski definition) is 1. The van der Waals surface area contributed by atoms with Crippen LogP contribution in [0.3, 0.4) is 0 Å². The van der Waals surface area contributed by atoms with Gasteiger partial charge < -0.3 is 5.32 Å². The molecule has 0 amide bonds. The van der Waals surface area contributed by atoms with Crippen molar-refractivity contribution in [3.05, 3.63) is 0 Å². The van der Waals surface area contributed by atoms with Crippen LogP contribution < -0.4 is 5.32 Å². The summed E-state index contributed by atoms with van der Waals surface area (Å²) in [5.41, 5.74) is 0. The molecule has 0 saturated heterocycles. The van der Waals surface area contributed by atoms with Crippen molar-refractivity contribution in [2.24, 2.45) is 11.8 Å². The van der Waals surface area contributed by atoms with Crippen molar-refractivity contribution in [2.75, 3.05) is 6.54 Å². The van der Waals surface area contributed by atoms with E-state index in [1.807, 2.05) is 0 Å². The Labute approximate surface area is 109 Å². The normalized spacial score (nSPS) is 20.6. The van der Waals surface area contributed by atoms with Crippen LogP contribution in [0.25, 0.3) is 0 Å². The molecule has 2 atom stereocenters. The summed E-state index contributed by atoms with van der Waals surface area (Å²) in [5.74, 6) is 1.94. The summed E-state index contributed by atoms with van der Waals surface area (Å²) < 4.78 is 0. The smallest absolute Gasteiger partial charge is 0.00696 e. The molecule has 1 aliphatic rings. The van der Waals surface area contributed by atoms with E-state index >= 15 is 0 Å². The predicted octanol–water partition coefficient (Wildman–Crippen LogP) is 4.76. The molecule has 0 aromatic heterocycles. The van der Waals surface area contributed by atoms with E-state index in [-0.39, 0.29) is 0 Å². The quantitative estimate of drug-likeness (QED) is 0.611. The fraction of sp³-hybridized carbons (Fsp3) is 1.00. The van der Waals surface area contributed by atoms with Gasteiger partial charge in [0, 0.05) is 6.04 Å². The molecule has 1 saturated carbocycles. The van der Waals surface area contributed by atoms with Crippen molar-refractivity contribution >= 4 is 0 Å². The third-order valence-corrected chi connectivity index (χ3v) is 4.46. The molecule has 0 radical (unpaired) electrons. The second kappa shape index (κ2) is 8.97. The van der Waals surface area contributed by atoms with E-state index in [1.165, 1.54) is 64.3 Å². The average Bonchev–Trinajstić information content (AvgIpc) is 2.85. The number of nitrogens with one attached hydrogen (secondary N) is 1. The lowest BCUT2D eigenvalue weighted by molar-refractivity contribution is 0.345. The molecule has 0 aliphatic heterocycles. The lowest BCUT2D eigenvalue weighted by Gasteiger charge is -2.23. The van der Waals surface area contributed by atoms with Crippen LogP contribution in [0.2, 0.25) is 0 Å². The third-order valence-electron chi connectivity index (χ3n) is 4.46. The lowest BCUT2D eigenvalue weighted by Crippen LogP contribution is -2.31. The Hall–Kier alpha value is -0.0400. The molecule has 102 valence electrons. The van der Waals surface area contributed by atoms with E-state index < -0.39 is 0 Å². The van der Waals surface area contributed by atoms with Crippen LogP contribution in [0.4, 0.5) is 0 Å². The molecule has 1 nitrogen and oxygen atoms in total. The van der Waals surface area contributed by atoms with Gasteiger partial charge in [0.1, 0.15) is 0 Å². The van der Waals surface area contributed by atoms with Crippen LogP contribution in [0, 0.1) is 11.8 Å². The molecule has 1 rings (SSSR count). The highest BCUT2D eigenvalue weighted by molar-refractivity contribution is 4.74. The molecule has 1 fully saturated rings. The van der Waals surface area contributed by atoms with Gasteiger partial charge in [-0.05, 0) is 44.1 Å². The van der Waals surface area contributed by atoms with E-state index in [1.54, 1.807) is 0 Å². The second-order valence-electron chi connectivity index (χ2n) is 6.13. The van der Waals surface area contributed by atoms with Gasteiger partial charge >= 0.3 is 0 Å². The highest BCUT2D eigenvalue weighted by Crippen LogP contribution is 2.29. The Balaban J connectivity index is 2.22. The zero-order valence-corrected chi connectivity index (χ0v) is 12.3. The molecular formula is C16H33N. The number of rotatable bonds is 9. The minimum Gasteiger partial charge on any atom is -0.314 e. The molecule has 2 unspecified atom stereocenters. The summed E-state index contributed by atoms with van der Waals surface area (Å²) in [5, 5.41) is 3.76. The fourth-order valence-electron chi connectivity index (χ4n) is 3.04. The molecule has 0 heterocycles. The molecule has 0 aromatic rings. The van der Waals surface area contributed by atoms with Crippen molar-refractivity contribution in [3.63, 3.8) is 0 Å². The van der Waals surface area contributed by atoms with Gasteiger partial charge in [-0.25, -0.2) is 0 Å². The van der Waals surface area contributed by atoms with Gasteiger partial charge in [-0.2, -0.15) is 0 Å². The largest absolute Gasteiger partial charge is 0.314 e. The first-order chi connectivity index (χ1) is 8.26. The maximum absolute atomic E-state index is 3.76. The molecule has 1 aliphatic carbocycles. The molecule has 0 aromatic carbocycles. The van der Waals surface area contributed by atoms with Crippen molar-refractivity contribution in [2.45, 2.75) is 84.6 Å². The Morgan fingerprint density at radius 1 is 1.18 bits per heavy atom. The summed E-state index contributed by atoms with van der Waals surface area (Å²) in [6.07, 6.45) is 12.8. The zero-order valence-electron chi connectivity index (χ0n) is 12.3. The Bertz CT molecular complexity index is 172. The summed E-state index contributed by atoms with van der Waals surface area (Å²) in [4.78, 5) is 0. The maximum atomic E-state index is 3.76. The van der Waals surface area contributed by atoms with E-state index in [0.29, 0.717) is 0 Å². The van der Waals surface area contributed by atoms with Crippen LogP contribution in [0.15, 0.2) is 0 Å². The maximum Gasteiger partial charge on any atom is 0.00696 e. The monoisotopic (exact) mass is 239 g/mol. The van der Waals surface area contributed by atoms with Crippen molar-refractivity contribution in [1.82, 2.24) is 5.32 Å². The molecule has 0 bridgehead atoms. The van der Waals surface area contributed by atoms with E-state index in [4.69, 9.17) is 0 Å². The average molecular weight is 239 g/mol. The summed E-state index contributed by atoms with van der Waals surface area (Å²) in [7, 11) is 0. The molecule has 1 N–H and O–H groups in total. The fourth-order valence-corrected chi connectivity index (χ4v) is 3.04. The summed E-state index contributed by atoms with van der Waals surface area (Å²) in [6, 6.07) is 0.783. The predicted molar refractivity (Wildman–Crippen MR) is 77.3 cm³/mol. The first-order valence-electron chi connectivity index (χ1n) is 7.99. The van der Waals surface area contributed by atoms with Crippen molar-refractivity contribution in [3.8, 4) is 0 Å². The van der Waals surface area contributed by atoms with Crippen molar-refractivity contribution in [1.29, 1.82) is 0 Å². The SMILES string of the molecule is CCCNC(CCC1CCCC1)CC(C)CC. The third kappa shape index (κ3) is 6.45. The summed E-state index contributed by atoms with van der Waals surface area (Å²) in [6.45, 7) is 8.19. The molecule has 1 heteroatoms. The highest BCUT2D eigenvalue weighted by Gasteiger charge is 2.18. The molecule has 17 heavy (non-hydrogen) atoms. The van der Waals surface area contributed by atoms with Crippen LogP contribution >= 0.6 is 0 Å². The van der Waals surface area contributed by atoms with Crippen LogP contribution in [0.1, 0.15) is 78.6 Å². The van der Waals surface area contributed by atoms with E-state index in [9.17, 15) is 0 Å². The Morgan fingerprint density at radius 3 is 2.47 bits per heavy atom. The van der Waals surface area contributed by atoms with Gasteiger partial charge in [0.25, 0.3) is 0 Å². The molecule has 0 spiro atoms. The first-order valence-corrected chi connectivity index (χ1v) is 7.99. The van der Waals surface area contributed by atoms with Gasteiger partial charge in [-0.3, -0.25) is 0 Å². The van der Waals surface area contributed by atoms with Gasteiger partial charge in [0.2, 0.25) is 0 Å². The van der Waals surface area contributed by atoms with Gasteiger partial charge in [0.15, 0.2) is 0 Å². The standard InChI is InChI=1S/C16H33N/c1-4-12-17-16(13-14(3)5-2)11-10-15-8-6-7-9-15/h14-17H,4-13H2,1-3H3. The van der Waals surface area contributed by atoms with Crippen LogP contribution in [-0.4, -0.2) is 12.6 Å².